The van der Waals surface area contributed by atoms with Gasteiger partial charge in [-0.15, -0.1) is 0 Å². The van der Waals surface area contributed by atoms with Gasteiger partial charge < -0.3 is 24.0 Å². The van der Waals surface area contributed by atoms with Crippen molar-refractivity contribution in [3.63, 3.8) is 0 Å². The van der Waals surface area contributed by atoms with Crippen LogP contribution in [0, 0.1) is 11.3 Å². The molecule has 1 amide bonds. The lowest BCUT2D eigenvalue weighted by Crippen LogP contribution is -2.68. The molecule has 4 aromatic rings. The van der Waals surface area contributed by atoms with Crippen LogP contribution in [0.1, 0.15) is 51.2 Å². The quantitative estimate of drug-likeness (QED) is 0.277. The van der Waals surface area contributed by atoms with E-state index in [2.05, 4.69) is 44.2 Å². The molecule has 0 aromatic carbocycles. The van der Waals surface area contributed by atoms with Gasteiger partial charge in [0.1, 0.15) is 29.3 Å². The van der Waals surface area contributed by atoms with Crippen molar-refractivity contribution < 1.29 is 19.0 Å². The summed E-state index contributed by atoms with van der Waals surface area (Å²) >= 11 is 0. The van der Waals surface area contributed by atoms with Gasteiger partial charge in [-0.25, -0.2) is 19.3 Å². The molecule has 4 aromatic heterocycles. The Hall–Kier alpha value is -4.89. The van der Waals surface area contributed by atoms with Crippen LogP contribution < -0.4 is 14.4 Å². The molecule has 2 unspecified atom stereocenters. The first-order valence-corrected chi connectivity index (χ1v) is 16.2. The highest BCUT2D eigenvalue weighted by atomic mass is 16.6. The Morgan fingerprint density at radius 2 is 1.83 bits per heavy atom. The molecule has 0 N–H and O–H groups in total. The van der Waals surface area contributed by atoms with Crippen molar-refractivity contribution in [1.29, 1.82) is 5.26 Å². The largest absolute Gasteiger partial charge is 0.489 e. The monoisotopic (exact) mass is 636 g/mol. The van der Waals surface area contributed by atoms with Crippen LogP contribution in [0.15, 0.2) is 55.1 Å². The minimum atomic E-state index is -0.527. The third kappa shape index (κ3) is 6.40. The van der Waals surface area contributed by atoms with Crippen LogP contribution in [0.5, 0.6) is 11.6 Å². The molecule has 0 saturated carbocycles. The number of nitrogens with zero attached hydrogens (tertiary/aromatic N) is 8. The highest BCUT2D eigenvalue weighted by molar-refractivity contribution is 5.85. The molecule has 4 aliphatic rings. The van der Waals surface area contributed by atoms with E-state index in [1.165, 1.54) is 12.0 Å². The molecule has 0 radical (unpaired) electrons. The number of anilines is 1. The second-order valence-electron chi connectivity index (χ2n) is 13.6. The van der Waals surface area contributed by atoms with Crippen molar-refractivity contribution >= 4 is 17.4 Å². The number of methoxy groups -OCH3 is 1. The van der Waals surface area contributed by atoms with Gasteiger partial charge in [0.2, 0.25) is 5.88 Å². The minimum absolute atomic E-state index is 0.0587. The van der Waals surface area contributed by atoms with E-state index in [9.17, 15) is 10.1 Å². The summed E-state index contributed by atoms with van der Waals surface area (Å²) in [6.45, 7) is 9.48. The maximum Gasteiger partial charge on any atom is 0.410 e. The molecular formula is C35H40N8O4. The predicted octanol–water partition coefficient (Wildman–Crippen LogP) is 4.91. The summed E-state index contributed by atoms with van der Waals surface area (Å²) in [4.78, 5) is 28.4. The molecule has 2 atom stereocenters. The number of nitriles is 1. The van der Waals surface area contributed by atoms with E-state index in [0.717, 1.165) is 42.1 Å². The Morgan fingerprint density at radius 1 is 1.04 bits per heavy atom. The summed E-state index contributed by atoms with van der Waals surface area (Å²) in [5.74, 6) is 2.24. The standard InChI is InChI=1S/C35H40N8O4/c1-35(2,3)47-34(44)40-11-9-28(10-12-40)46-29-14-30(33-25(15-36)18-39-43(33)22-29)24-6-7-31(37-17-24)41-20-26-13-27(21-41)42(26)19-23-5-8-32(45-4)38-16-23/h5-8,14,16-18,22,26-28H,9-13,19-21H2,1-4H3. The first-order chi connectivity index (χ1) is 22.7. The predicted molar refractivity (Wildman–Crippen MR) is 175 cm³/mol. The third-order valence-electron chi connectivity index (χ3n) is 9.20. The number of pyridine rings is 3. The topological polar surface area (TPSA) is 121 Å². The number of carbonyl (C=O) groups excluding carboxylic acids is 1. The number of likely N-dealkylation sites (tertiary alicyclic amines) is 1. The van der Waals surface area contributed by atoms with Gasteiger partial charge in [-0.3, -0.25) is 4.90 Å². The molecule has 12 heteroatoms. The molecule has 0 aliphatic carbocycles. The van der Waals surface area contributed by atoms with Crippen molar-refractivity contribution in [3.8, 4) is 28.8 Å². The zero-order valence-electron chi connectivity index (χ0n) is 27.3. The van der Waals surface area contributed by atoms with Gasteiger partial charge >= 0.3 is 6.09 Å². The van der Waals surface area contributed by atoms with Crippen LogP contribution >= 0.6 is 0 Å². The Morgan fingerprint density at radius 3 is 2.47 bits per heavy atom. The maximum absolute atomic E-state index is 12.5. The second kappa shape index (κ2) is 12.4. The summed E-state index contributed by atoms with van der Waals surface area (Å²) < 4.78 is 18.9. The molecule has 4 aliphatic heterocycles. The van der Waals surface area contributed by atoms with Gasteiger partial charge in [-0.1, -0.05) is 6.07 Å². The number of ether oxygens (including phenoxy) is 3. The van der Waals surface area contributed by atoms with E-state index >= 15 is 0 Å². The van der Waals surface area contributed by atoms with E-state index in [1.54, 1.807) is 22.7 Å². The fourth-order valence-electron chi connectivity index (χ4n) is 6.84. The van der Waals surface area contributed by atoms with Gasteiger partial charge in [-0.05, 0) is 51.0 Å². The summed E-state index contributed by atoms with van der Waals surface area (Å²) in [6.07, 6.45) is 9.40. The molecule has 4 fully saturated rings. The number of rotatable bonds is 7. The van der Waals surface area contributed by atoms with Gasteiger partial charge in [-0.2, -0.15) is 10.4 Å². The molecule has 8 rings (SSSR count). The fourth-order valence-corrected chi connectivity index (χ4v) is 6.84. The van der Waals surface area contributed by atoms with Crippen molar-refractivity contribution in [2.45, 2.75) is 70.4 Å². The number of amides is 1. The lowest BCUT2D eigenvalue weighted by Gasteiger charge is -2.56. The van der Waals surface area contributed by atoms with Crippen molar-refractivity contribution in [2.24, 2.45) is 0 Å². The maximum atomic E-state index is 12.5. The number of piperazine rings is 1. The number of carbonyl (C=O) groups is 1. The minimum Gasteiger partial charge on any atom is -0.489 e. The number of aromatic nitrogens is 4. The van der Waals surface area contributed by atoms with E-state index in [0.29, 0.717) is 55.2 Å². The van der Waals surface area contributed by atoms with E-state index in [-0.39, 0.29) is 12.2 Å². The van der Waals surface area contributed by atoms with Crippen LogP contribution in [-0.4, -0.2) is 92.6 Å². The van der Waals surface area contributed by atoms with Gasteiger partial charge in [0.05, 0.1) is 30.6 Å². The summed E-state index contributed by atoms with van der Waals surface area (Å²) in [6, 6.07) is 13.3. The first-order valence-electron chi connectivity index (χ1n) is 16.2. The normalized spacial score (nSPS) is 20.1. The van der Waals surface area contributed by atoms with E-state index < -0.39 is 5.60 Å². The zero-order chi connectivity index (χ0) is 32.7. The van der Waals surface area contributed by atoms with Crippen molar-refractivity contribution in [2.75, 3.05) is 38.2 Å². The van der Waals surface area contributed by atoms with Gasteiger partial charge in [0.15, 0.2) is 0 Å². The molecule has 12 nitrogen and oxygen atoms in total. The Labute approximate surface area is 274 Å². The van der Waals surface area contributed by atoms with Crippen molar-refractivity contribution in [1.82, 2.24) is 29.4 Å². The molecule has 2 bridgehead atoms. The fraction of sp³-hybridized carbons (Fsp3) is 0.457. The molecule has 0 spiro atoms. The van der Waals surface area contributed by atoms with Crippen LogP contribution in [0.2, 0.25) is 0 Å². The number of hydrogen-bond acceptors (Lipinski definition) is 10. The van der Waals surface area contributed by atoms with Crippen LogP contribution in [0.4, 0.5) is 10.6 Å². The zero-order valence-corrected chi connectivity index (χ0v) is 27.3. The molecular weight excluding hydrogens is 596 g/mol. The second-order valence-corrected chi connectivity index (χ2v) is 13.6. The van der Waals surface area contributed by atoms with Gasteiger partial charge in [0, 0.05) is 87.2 Å². The first kappa shape index (κ1) is 30.7. The molecule has 244 valence electrons. The summed E-state index contributed by atoms with van der Waals surface area (Å²) in [5, 5.41) is 14.3. The van der Waals surface area contributed by atoms with Gasteiger partial charge in [0.25, 0.3) is 0 Å². The lowest BCUT2D eigenvalue weighted by atomic mass is 9.87. The average Bonchev–Trinajstić information content (AvgIpc) is 3.50. The van der Waals surface area contributed by atoms with Crippen LogP contribution in [-0.2, 0) is 11.3 Å². The van der Waals surface area contributed by atoms with E-state index in [1.807, 2.05) is 51.5 Å². The summed E-state index contributed by atoms with van der Waals surface area (Å²) in [7, 11) is 1.63. The average molecular weight is 637 g/mol. The third-order valence-corrected chi connectivity index (χ3v) is 9.20. The molecule has 8 heterocycles. The number of hydrogen-bond donors (Lipinski definition) is 0. The number of fused-ring (bicyclic) bond motifs is 3. The molecule has 47 heavy (non-hydrogen) atoms. The highest BCUT2D eigenvalue weighted by Gasteiger charge is 2.44. The number of piperidine rings is 2. The lowest BCUT2D eigenvalue weighted by molar-refractivity contribution is -0.00877. The van der Waals surface area contributed by atoms with E-state index in [4.69, 9.17) is 19.2 Å². The smallest absolute Gasteiger partial charge is 0.410 e. The Kier molecular flexibility index (Phi) is 8.09. The Balaban J connectivity index is 1.03. The van der Waals surface area contributed by atoms with Crippen LogP contribution in [0.3, 0.4) is 0 Å². The summed E-state index contributed by atoms with van der Waals surface area (Å²) in [5.41, 5.74) is 3.60. The SMILES string of the molecule is COc1ccc(CN2C3CC2CN(c2ccc(-c4cc(OC5CCN(C(=O)OC(C)(C)C)CC5)cn5ncc(C#N)c45)cn2)C3)cn1. The Bertz CT molecular complexity index is 1770. The molecule has 4 saturated heterocycles. The van der Waals surface area contributed by atoms with Crippen molar-refractivity contribution in [3.05, 3.63) is 66.2 Å². The van der Waals surface area contributed by atoms with Crippen LogP contribution in [0.25, 0.3) is 16.6 Å². The highest BCUT2D eigenvalue weighted by Crippen LogP contribution is 2.37.